The molecule has 1 saturated heterocycles. The molecule has 35 heavy (non-hydrogen) atoms. The summed E-state index contributed by atoms with van der Waals surface area (Å²) in [5.41, 5.74) is 2.53. The molecule has 5 nitrogen and oxygen atoms in total. The molecule has 0 radical (unpaired) electrons. The Morgan fingerprint density at radius 1 is 0.971 bits per heavy atom. The summed E-state index contributed by atoms with van der Waals surface area (Å²) in [6.45, 7) is 6.61. The second-order valence-electron chi connectivity index (χ2n) is 9.66. The van der Waals surface area contributed by atoms with Gasteiger partial charge in [0.2, 0.25) is 5.91 Å². The number of halogens is 3. The Bertz CT molecular complexity index is 994. The zero-order chi connectivity index (χ0) is 25.0. The first-order valence-electron chi connectivity index (χ1n) is 12.3. The molecule has 0 spiro atoms. The number of anilines is 2. The van der Waals surface area contributed by atoms with Gasteiger partial charge in [-0.15, -0.1) is 0 Å². The third-order valence-corrected chi connectivity index (χ3v) is 7.06. The smallest absolute Gasteiger partial charge is 0.382 e. The third-order valence-electron chi connectivity index (χ3n) is 7.06. The number of rotatable bonds is 6. The summed E-state index contributed by atoms with van der Waals surface area (Å²) in [5, 5.41) is 3.24. The van der Waals surface area contributed by atoms with Gasteiger partial charge in [-0.3, -0.25) is 4.79 Å². The molecule has 1 saturated carbocycles. The van der Waals surface area contributed by atoms with Gasteiger partial charge in [-0.05, 0) is 69.4 Å². The first kappa shape index (κ1) is 25.4. The molecule has 1 amide bonds. The highest BCUT2D eigenvalue weighted by Gasteiger charge is 2.33. The number of benzene rings is 2. The summed E-state index contributed by atoms with van der Waals surface area (Å²) in [6.07, 6.45) is -1.19. The van der Waals surface area contributed by atoms with E-state index in [2.05, 4.69) is 41.4 Å². The minimum atomic E-state index is -4.35. The zero-order valence-electron chi connectivity index (χ0n) is 20.4. The van der Waals surface area contributed by atoms with E-state index in [1.54, 1.807) is 6.07 Å². The van der Waals surface area contributed by atoms with Crippen LogP contribution in [0.15, 0.2) is 42.5 Å². The second-order valence-corrected chi connectivity index (χ2v) is 9.66. The van der Waals surface area contributed by atoms with Crippen molar-refractivity contribution in [1.29, 1.82) is 0 Å². The fraction of sp³-hybridized carbons (Fsp3) is 0.519. The lowest BCUT2D eigenvalue weighted by Crippen LogP contribution is -2.50. The van der Waals surface area contributed by atoms with E-state index in [-0.39, 0.29) is 30.2 Å². The van der Waals surface area contributed by atoms with E-state index in [1.165, 1.54) is 30.3 Å². The number of aryl methyl sites for hydroxylation is 2. The first-order chi connectivity index (χ1) is 16.7. The van der Waals surface area contributed by atoms with Crippen molar-refractivity contribution in [2.45, 2.75) is 57.9 Å². The largest absolute Gasteiger partial charge is 0.416 e. The Hall–Kier alpha value is -2.74. The third kappa shape index (κ3) is 6.69. The highest BCUT2D eigenvalue weighted by Crippen LogP contribution is 2.34. The highest BCUT2D eigenvalue weighted by atomic mass is 19.4. The molecule has 2 aromatic carbocycles. The van der Waals surface area contributed by atoms with Gasteiger partial charge in [-0.25, -0.2) is 0 Å². The quantitative estimate of drug-likeness (QED) is 0.589. The molecule has 0 atom stereocenters. The van der Waals surface area contributed by atoms with Crippen LogP contribution in [0.2, 0.25) is 0 Å². The lowest BCUT2D eigenvalue weighted by molar-refractivity contribution is -0.139. The fourth-order valence-electron chi connectivity index (χ4n) is 4.88. The van der Waals surface area contributed by atoms with Gasteiger partial charge in [-0.2, -0.15) is 13.2 Å². The molecule has 0 unspecified atom stereocenters. The maximum atomic E-state index is 13.2. The zero-order valence-corrected chi connectivity index (χ0v) is 20.4. The predicted octanol–water partition coefficient (Wildman–Crippen LogP) is 5.41. The molecule has 1 aliphatic carbocycles. The van der Waals surface area contributed by atoms with Crippen molar-refractivity contribution >= 4 is 17.3 Å². The number of carbonyl (C=O) groups excluding carboxylic acids is 1. The standard InChI is InChI=1S/C27H34F3N3O2/c1-19-3-9-23(10-4-19)32-13-15-33(16-14-32)26(34)18-35-24-11-7-21(8-12-24)31-22-6-5-20(2)25(17-22)27(28,29)30/h3-6,9-10,17,21,24,31H,7-8,11-16,18H2,1-2H3. The maximum Gasteiger partial charge on any atom is 0.416 e. The number of nitrogens with one attached hydrogen (secondary N) is 1. The Labute approximate surface area is 205 Å². The number of ether oxygens (including phenoxy) is 1. The van der Waals surface area contributed by atoms with E-state index in [9.17, 15) is 18.0 Å². The normalized spacial score (nSPS) is 21.2. The summed E-state index contributed by atoms with van der Waals surface area (Å²) in [5.74, 6) is 0.0214. The molecular weight excluding hydrogens is 455 g/mol. The second kappa shape index (κ2) is 10.9. The van der Waals surface area contributed by atoms with E-state index in [0.29, 0.717) is 18.8 Å². The van der Waals surface area contributed by atoms with Crippen molar-refractivity contribution in [1.82, 2.24) is 4.90 Å². The molecule has 1 N–H and O–H groups in total. The van der Waals surface area contributed by atoms with Crippen LogP contribution in [0.25, 0.3) is 0 Å². The van der Waals surface area contributed by atoms with E-state index in [0.717, 1.165) is 38.8 Å². The van der Waals surface area contributed by atoms with Crippen molar-refractivity contribution in [2.24, 2.45) is 0 Å². The van der Waals surface area contributed by atoms with Crippen molar-refractivity contribution < 1.29 is 22.7 Å². The van der Waals surface area contributed by atoms with Crippen LogP contribution in [-0.4, -0.2) is 55.7 Å². The lowest BCUT2D eigenvalue weighted by atomic mass is 9.92. The monoisotopic (exact) mass is 489 g/mol. The summed E-state index contributed by atoms with van der Waals surface area (Å²) in [6, 6.07) is 12.9. The van der Waals surface area contributed by atoms with Crippen LogP contribution >= 0.6 is 0 Å². The summed E-state index contributed by atoms with van der Waals surface area (Å²) in [4.78, 5) is 16.8. The average Bonchev–Trinajstić information content (AvgIpc) is 2.84. The molecule has 190 valence electrons. The van der Waals surface area contributed by atoms with Crippen molar-refractivity contribution in [2.75, 3.05) is 43.0 Å². The number of amides is 1. The Morgan fingerprint density at radius 3 is 2.26 bits per heavy atom. The van der Waals surface area contributed by atoms with Gasteiger partial charge in [0.25, 0.3) is 0 Å². The SMILES string of the molecule is Cc1ccc(N2CCN(C(=O)COC3CCC(Nc4ccc(C)c(C(F)(F)F)c4)CC3)CC2)cc1. The predicted molar refractivity (Wildman–Crippen MR) is 132 cm³/mol. The maximum absolute atomic E-state index is 13.2. The minimum Gasteiger partial charge on any atom is -0.382 e. The summed E-state index contributed by atoms with van der Waals surface area (Å²) < 4.78 is 45.4. The van der Waals surface area contributed by atoms with E-state index >= 15 is 0 Å². The number of nitrogens with zero attached hydrogens (tertiary/aromatic N) is 2. The minimum absolute atomic E-state index is 0.00889. The molecule has 2 aromatic rings. The summed E-state index contributed by atoms with van der Waals surface area (Å²) in [7, 11) is 0. The fourth-order valence-corrected chi connectivity index (χ4v) is 4.88. The average molecular weight is 490 g/mol. The van der Waals surface area contributed by atoms with Gasteiger partial charge in [0, 0.05) is 43.6 Å². The highest BCUT2D eigenvalue weighted by molar-refractivity contribution is 5.77. The number of carbonyl (C=O) groups is 1. The Morgan fingerprint density at radius 2 is 1.63 bits per heavy atom. The Balaban J connectivity index is 1.17. The molecular formula is C27H34F3N3O2. The Kier molecular flexibility index (Phi) is 7.89. The van der Waals surface area contributed by atoms with Crippen molar-refractivity contribution in [3.8, 4) is 0 Å². The molecule has 2 aliphatic rings. The van der Waals surface area contributed by atoms with Gasteiger partial charge >= 0.3 is 6.18 Å². The molecule has 0 aromatic heterocycles. The number of hydrogen-bond acceptors (Lipinski definition) is 4. The van der Waals surface area contributed by atoms with Gasteiger partial charge in [0.1, 0.15) is 6.61 Å². The van der Waals surface area contributed by atoms with Gasteiger partial charge < -0.3 is 19.9 Å². The lowest BCUT2D eigenvalue weighted by Gasteiger charge is -2.36. The van der Waals surface area contributed by atoms with Gasteiger partial charge in [-0.1, -0.05) is 23.8 Å². The topological polar surface area (TPSA) is 44.8 Å². The van der Waals surface area contributed by atoms with Crippen molar-refractivity contribution in [3.63, 3.8) is 0 Å². The van der Waals surface area contributed by atoms with Crippen LogP contribution in [0.1, 0.15) is 42.4 Å². The van der Waals surface area contributed by atoms with Crippen LogP contribution in [-0.2, 0) is 15.7 Å². The summed E-state index contributed by atoms with van der Waals surface area (Å²) >= 11 is 0. The molecule has 2 fully saturated rings. The molecule has 1 heterocycles. The molecule has 4 rings (SSSR count). The van der Waals surface area contributed by atoms with Crippen LogP contribution in [0.5, 0.6) is 0 Å². The van der Waals surface area contributed by atoms with Crippen LogP contribution in [0.3, 0.4) is 0 Å². The van der Waals surface area contributed by atoms with E-state index < -0.39 is 11.7 Å². The van der Waals surface area contributed by atoms with Gasteiger partial charge in [0.15, 0.2) is 0 Å². The number of hydrogen-bond donors (Lipinski definition) is 1. The first-order valence-corrected chi connectivity index (χ1v) is 12.3. The van der Waals surface area contributed by atoms with Gasteiger partial charge in [0.05, 0.1) is 11.7 Å². The van der Waals surface area contributed by atoms with Crippen LogP contribution in [0.4, 0.5) is 24.5 Å². The molecule has 0 bridgehead atoms. The number of piperazine rings is 1. The number of alkyl halides is 3. The van der Waals surface area contributed by atoms with E-state index in [4.69, 9.17) is 4.74 Å². The molecule has 1 aliphatic heterocycles. The van der Waals surface area contributed by atoms with Crippen LogP contribution in [0, 0.1) is 13.8 Å². The van der Waals surface area contributed by atoms with E-state index in [1.807, 2.05) is 4.90 Å². The molecule has 8 heteroatoms. The van der Waals surface area contributed by atoms with Crippen LogP contribution < -0.4 is 10.2 Å². The van der Waals surface area contributed by atoms with Crippen molar-refractivity contribution in [3.05, 3.63) is 59.2 Å².